The van der Waals surface area contributed by atoms with Crippen LogP contribution in [-0.4, -0.2) is 4.92 Å². The molecular weight excluding hydrogens is 244 g/mol. The number of nitro benzene ring substituents is 1. The molecule has 2 rings (SSSR count). The van der Waals surface area contributed by atoms with Crippen LogP contribution in [-0.2, 0) is 0 Å². The molecule has 5 heteroatoms. The highest BCUT2D eigenvalue weighted by atomic mass is 16.6. The van der Waals surface area contributed by atoms with E-state index in [1.807, 2.05) is 6.07 Å². The van der Waals surface area contributed by atoms with Gasteiger partial charge in [0, 0.05) is 6.07 Å². The number of hydrogen-bond donors (Lipinski definition) is 0. The number of aryl methyl sites for hydroxylation is 1. The van der Waals surface area contributed by atoms with Crippen molar-refractivity contribution >= 4 is 5.69 Å². The van der Waals surface area contributed by atoms with Gasteiger partial charge in [-0.1, -0.05) is 12.1 Å². The lowest BCUT2D eigenvalue weighted by Gasteiger charge is -2.07. The minimum absolute atomic E-state index is 0.0950. The summed E-state index contributed by atoms with van der Waals surface area (Å²) in [7, 11) is 0. The van der Waals surface area contributed by atoms with Crippen molar-refractivity contribution in [3.8, 4) is 17.6 Å². The van der Waals surface area contributed by atoms with Crippen molar-refractivity contribution < 1.29 is 9.66 Å². The van der Waals surface area contributed by atoms with Gasteiger partial charge in [-0.2, -0.15) is 5.26 Å². The fourth-order valence-corrected chi connectivity index (χ4v) is 1.61. The molecule has 0 saturated carbocycles. The van der Waals surface area contributed by atoms with Crippen LogP contribution in [0.4, 0.5) is 5.69 Å². The molecule has 94 valence electrons. The summed E-state index contributed by atoms with van der Waals surface area (Å²) in [5, 5.41) is 19.8. The Balaban J connectivity index is 2.38. The molecule has 0 aliphatic rings. The normalized spacial score (nSPS) is 9.68. The van der Waals surface area contributed by atoms with Crippen LogP contribution in [0.5, 0.6) is 11.5 Å². The molecule has 2 aromatic carbocycles. The molecule has 2 aromatic rings. The van der Waals surface area contributed by atoms with Crippen molar-refractivity contribution in [1.29, 1.82) is 5.26 Å². The molecule has 0 atom stereocenters. The number of benzene rings is 2. The van der Waals surface area contributed by atoms with Gasteiger partial charge >= 0.3 is 5.69 Å². The smallest absolute Gasteiger partial charge is 0.311 e. The maximum atomic E-state index is 11.0. The van der Waals surface area contributed by atoms with E-state index in [0.717, 1.165) is 5.56 Å². The van der Waals surface area contributed by atoms with E-state index in [4.69, 9.17) is 10.00 Å². The van der Waals surface area contributed by atoms with Crippen LogP contribution in [0.3, 0.4) is 0 Å². The number of nitro groups is 1. The SMILES string of the molecule is Cc1ccc(Oc2cccc(C#N)c2)c([N+](=O)[O-])c1. The molecule has 0 unspecified atom stereocenters. The Bertz CT molecular complexity index is 675. The van der Waals surface area contributed by atoms with E-state index in [2.05, 4.69) is 0 Å². The molecule has 0 spiro atoms. The summed E-state index contributed by atoms with van der Waals surface area (Å²) in [4.78, 5) is 10.5. The van der Waals surface area contributed by atoms with Crippen LogP contribution in [0.15, 0.2) is 42.5 Å². The Labute approximate surface area is 109 Å². The van der Waals surface area contributed by atoms with E-state index in [1.54, 1.807) is 37.3 Å². The summed E-state index contributed by atoms with van der Waals surface area (Å²) < 4.78 is 5.48. The van der Waals surface area contributed by atoms with E-state index in [-0.39, 0.29) is 11.4 Å². The van der Waals surface area contributed by atoms with Gasteiger partial charge in [0.2, 0.25) is 5.75 Å². The summed E-state index contributed by atoms with van der Waals surface area (Å²) >= 11 is 0. The van der Waals surface area contributed by atoms with Gasteiger partial charge in [0.15, 0.2) is 0 Å². The zero-order chi connectivity index (χ0) is 13.8. The molecule has 19 heavy (non-hydrogen) atoms. The standard InChI is InChI=1S/C14H10N2O3/c1-10-5-6-14(13(7-10)16(17)18)19-12-4-2-3-11(8-12)9-15/h2-8H,1H3. The Morgan fingerprint density at radius 2 is 2.05 bits per heavy atom. The van der Waals surface area contributed by atoms with Gasteiger partial charge in [0.05, 0.1) is 16.6 Å². The fourth-order valence-electron chi connectivity index (χ4n) is 1.61. The summed E-state index contributed by atoms with van der Waals surface area (Å²) in [6.45, 7) is 1.77. The molecule has 0 aromatic heterocycles. The zero-order valence-corrected chi connectivity index (χ0v) is 10.2. The van der Waals surface area contributed by atoms with Gasteiger partial charge < -0.3 is 4.74 Å². The van der Waals surface area contributed by atoms with Crippen molar-refractivity contribution in [2.75, 3.05) is 0 Å². The van der Waals surface area contributed by atoms with Gasteiger partial charge in [-0.15, -0.1) is 0 Å². The molecule has 0 radical (unpaired) electrons. The highest BCUT2D eigenvalue weighted by molar-refractivity contribution is 5.51. The van der Waals surface area contributed by atoms with Gasteiger partial charge in [-0.05, 0) is 36.8 Å². The van der Waals surface area contributed by atoms with E-state index >= 15 is 0 Å². The molecule has 0 bridgehead atoms. The van der Waals surface area contributed by atoms with E-state index < -0.39 is 4.92 Å². The van der Waals surface area contributed by atoms with Crippen molar-refractivity contribution in [1.82, 2.24) is 0 Å². The molecule has 0 aliphatic heterocycles. The van der Waals surface area contributed by atoms with Crippen LogP contribution >= 0.6 is 0 Å². The highest BCUT2D eigenvalue weighted by Gasteiger charge is 2.15. The first-order chi connectivity index (χ1) is 9.10. The van der Waals surface area contributed by atoms with Crippen LogP contribution in [0, 0.1) is 28.4 Å². The lowest BCUT2D eigenvalue weighted by atomic mass is 10.2. The fraction of sp³-hybridized carbons (Fsp3) is 0.0714. The third kappa shape index (κ3) is 2.87. The van der Waals surface area contributed by atoms with Crippen molar-refractivity contribution in [2.24, 2.45) is 0 Å². The topological polar surface area (TPSA) is 76.2 Å². The average Bonchev–Trinajstić information content (AvgIpc) is 2.41. The minimum atomic E-state index is -0.490. The lowest BCUT2D eigenvalue weighted by Crippen LogP contribution is -1.94. The van der Waals surface area contributed by atoms with Crippen molar-refractivity contribution in [3.05, 3.63) is 63.7 Å². The van der Waals surface area contributed by atoms with Crippen molar-refractivity contribution in [3.63, 3.8) is 0 Å². The third-order valence-electron chi connectivity index (χ3n) is 2.50. The molecular formula is C14H10N2O3. The molecule has 0 heterocycles. The summed E-state index contributed by atoms with van der Waals surface area (Å²) in [5.74, 6) is 0.552. The van der Waals surface area contributed by atoms with Crippen LogP contribution < -0.4 is 4.74 Å². The monoisotopic (exact) mass is 254 g/mol. The maximum absolute atomic E-state index is 11.0. The zero-order valence-electron chi connectivity index (χ0n) is 10.2. The second kappa shape index (κ2) is 5.19. The van der Waals surface area contributed by atoms with Crippen LogP contribution in [0.1, 0.15) is 11.1 Å². The molecule has 0 N–H and O–H groups in total. The Hall–Kier alpha value is -2.87. The second-order valence-electron chi connectivity index (χ2n) is 3.97. The molecule has 0 fully saturated rings. The number of nitrogens with zero attached hydrogens (tertiary/aromatic N) is 2. The van der Waals surface area contributed by atoms with Crippen LogP contribution in [0.25, 0.3) is 0 Å². The van der Waals surface area contributed by atoms with E-state index in [0.29, 0.717) is 11.3 Å². The third-order valence-corrected chi connectivity index (χ3v) is 2.50. The molecule has 5 nitrogen and oxygen atoms in total. The van der Waals surface area contributed by atoms with Gasteiger partial charge in [-0.25, -0.2) is 0 Å². The number of nitriles is 1. The molecule has 0 saturated heterocycles. The number of hydrogen-bond acceptors (Lipinski definition) is 4. The number of rotatable bonds is 3. The van der Waals surface area contributed by atoms with Gasteiger partial charge in [0.1, 0.15) is 5.75 Å². The largest absolute Gasteiger partial charge is 0.450 e. The predicted molar refractivity (Wildman–Crippen MR) is 69.1 cm³/mol. The minimum Gasteiger partial charge on any atom is -0.450 e. The summed E-state index contributed by atoms with van der Waals surface area (Å²) in [5.41, 5.74) is 1.12. The number of ether oxygens (including phenoxy) is 1. The predicted octanol–water partition coefficient (Wildman–Crippen LogP) is 3.57. The van der Waals surface area contributed by atoms with Crippen molar-refractivity contribution in [2.45, 2.75) is 6.92 Å². The van der Waals surface area contributed by atoms with E-state index in [9.17, 15) is 10.1 Å². The maximum Gasteiger partial charge on any atom is 0.311 e. The summed E-state index contributed by atoms with van der Waals surface area (Å²) in [6.07, 6.45) is 0. The second-order valence-corrected chi connectivity index (χ2v) is 3.97. The Morgan fingerprint density at radius 1 is 1.26 bits per heavy atom. The lowest BCUT2D eigenvalue weighted by molar-refractivity contribution is -0.385. The van der Waals surface area contributed by atoms with E-state index in [1.165, 1.54) is 12.1 Å². The molecule has 0 amide bonds. The highest BCUT2D eigenvalue weighted by Crippen LogP contribution is 2.32. The van der Waals surface area contributed by atoms with Crippen LogP contribution in [0.2, 0.25) is 0 Å². The average molecular weight is 254 g/mol. The van der Waals surface area contributed by atoms with Gasteiger partial charge in [-0.3, -0.25) is 10.1 Å². The summed E-state index contributed by atoms with van der Waals surface area (Å²) in [6, 6.07) is 13.2. The van der Waals surface area contributed by atoms with Gasteiger partial charge in [0.25, 0.3) is 0 Å². The Morgan fingerprint density at radius 3 is 2.74 bits per heavy atom. The quantitative estimate of drug-likeness (QED) is 0.619. The Kier molecular flexibility index (Phi) is 3.44. The molecule has 0 aliphatic carbocycles. The first kappa shape index (κ1) is 12.6. The first-order valence-electron chi connectivity index (χ1n) is 5.53. The first-order valence-corrected chi connectivity index (χ1v) is 5.53.